The number of hydrogen-bond acceptors (Lipinski definition) is 4. The number of ether oxygens (including phenoxy) is 1. The van der Waals surface area contributed by atoms with Gasteiger partial charge in [0, 0.05) is 12.1 Å². The first kappa shape index (κ1) is 18.2. The molecule has 0 aliphatic rings. The lowest BCUT2D eigenvalue weighted by Gasteiger charge is -2.25. The molecule has 0 bridgehead atoms. The highest BCUT2D eigenvalue weighted by Crippen LogP contribution is 2.11. The number of carbonyl (C=O) groups is 2. The van der Waals surface area contributed by atoms with E-state index in [1.807, 2.05) is 0 Å². The molecule has 0 aromatic heterocycles. The Morgan fingerprint density at radius 2 is 1.95 bits per heavy atom. The van der Waals surface area contributed by atoms with E-state index in [0.717, 1.165) is 22.6 Å². The van der Waals surface area contributed by atoms with Crippen molar-refractivity contribution in [2.45, 2.75) is 33.3 Å². The van der Waals surface area contributed by atoms with Crippen molar-refractivity contribution >= 4 is 29.5 Å². The summed E-state index contributed by atoms with van der Waals surface area (Å²) in [6, 6.07) is 0. The van der Waals surface area contributed by atoms with Crippen molar-refractivity contribution < 1.29 is 19.4 Å². The maximum absolute atomic E-state index is 11.9. The molecule has 7 heteroatoms. The maximum atomic E-state index is 11.9. The molecule has 0 aromatic rings. The summed E-state index contributed by atoms with van der Waals surface area (Å²) in [5, 5.41) is 16.7. The lowest BCUT2D eigenvalue weighted by atomic mass is 10.2. The van der Waals surface area contributed by atoms with Crippen molar-refractivity contribution in [2.24, 2.45) is 0 Å². The number of carboxylic acid groups (broad SMARTS) is 1. The third kappa shape index (κ3) is 6.38. The summed E-state index contributed by atoms with van der Waals surface area (Å²) in [5.74, 6) is -1.53. The lowest BCUT2D eigenvalue weighted by molar-refractivity contribution is -0.132. The van der Waals surface area contributed by atoms with Gasteiger partial charge in [-0.2, -0.15) is 0 Å². The molecule has 0 aliphatic heterocycles. The number of carbonyl (C=O) groups excluding carboxylic acids is 1. The molecular formula is C13H19ClN2O4. The number of amides is 1. The molecule has 0 fully saturated rings. The lowest BCUT2D eigenvalue weighted by Crippen LogP contribution is -2.39. The van der Waals surface area contributed by atoms with Crippen molar-refractivity contribution in [3.63, 3.8) is 0 Å². The molecule has 20 heavy (non-hydrogen) atoms. The van der Waals surface area contributed by atoms with Crippen molar-refractivity contribution in [1.82, 2.24) is 4.90 Å². The number of carboxylic acids is 1. The number of halogens is 1. The number of rotatable bonds is 4. The average Bonchev–Trinajstić information content (AvgIpc) is 2.26. The second-order valence-corrected chi connectivity index (χ2v) is 5.06. The highest BCUT2D eigenvalue weighted by atomic mass is 35.5. The second kappa shape index (κ2) is 7.69. The van der Waals surface area contributed by atoms with Crippen LogP contribution in [0.3, 0.4) is 0 Å². The Labute approximate surface area is 123 Å². The van der Waals surface area contributed by atoms with E-state index in [-0.39, 0.29) is 18.0 Å². The van der Waals surface area contributed by atoms with E-state index in [9.17, 15) is 9.59 Å². The molecule has 0 spiro atoms. The highest BCUT2D eigenvalue weighted by Gasteiger charge is 2.23. The zero-order valence-corrected chi connectivity index (χ0v) is 12.7. The molecule has 2 N–H and O–H groups in total. The summed E-state index contributed by atoms with van der Waals surface area (Å²) in [6.07, 6.45) is 1.46. The van der Waals surface area contributed by atoms with E-state index in [1.54, 1.807) is 27.7 Å². The van der Waals surface area contributed by atoms with Crippen LogP contribution in [0.1, 0.15) is 27.7 Å². The third-order valence-corrected chi connectivity index (χ3v) is 2.13. The van der Waals surface area contributed by atoms with Crippen molar-refractivity contribution in [3.8, 4) is 0 Å². The molecule has 0 saturated carbocycles. The van der Waals surface area contributed by atoms with Crippen LogP contribution in [0.25, 0.3) is 0 Å². The topological polar surface area (TPSA) is 90.7 Å². The van der Waals surface area contributed by atoms with Crippen molar-refractivity contribution in [1.29, 1.82) is 5.41 Å². The van der Waals surface area contributed by atoms with Gasteiger partial charge < -0.3 is 9.84 Å². The monoisotopic (exact) mass is 302 g/mol. The normalized spacial score (nSPS) is 12.3. The summed E-state index contributed by atoms with van der Waals surface area (Å²) in [6.45, 7) is 6.96. The third-order valence-electron chi connectivity index (χ3n) is 2.00. The Balaban J connectivity index is 5.17. The molecule has 0 rings (SSSR count). The number of aliphatic carboxylic acids is 1. The minimum atomic E-state index is -1.24. The average molecular weight is 303 g/mol. The smallest absolute Gasteiger partial charge is 0.415 e. The van der Waals surface area contributed by atoms with Gasteiger partial charge in [0.1, 0.15) is 11.4 Å². The van der Waals surface area contributed by atoms with Crippen LogP contribution in [-0.2, 0) is 9.53 Å². The van der Waals surface area contributed by atoms with Gasteiger partial charge in [0.25, 0.3) is 0 Å². The van der Waals surface area contributed by atoms with E-state index in [0.29, 0.717) is 0 Å². The van der Waals surface area contributed by atoms with Crippen LogP contribution in [-0.4, -0.2) is 40.1 Å². The van der Waals surface area contributed by atoms with Crippen LogP contribution in [0.15, 0.2) is 23.3 Å². The van der Waals surface area contributed by atoms with Gasteiger partial charge in [0.05, 0.1) is 5.57 Å². The number of nitrogens with one attached hydrogen (secondary N) is 1. The van der Waals surface area contributed by atoms with Crippen molar-refractivity contribution in [3.05, 3.63) is 23.3 Å². The molecule has 0 heterocycles. The highest BCUT2D eigenvalue weighted by molar-refractivity contribution is 6.26. The van der Waals surface area contributed by atoms with Gasteiger partial charge in [0.2, 0.25) is 0 Å². The summed E-state index contributed by atoms with van der Waals surface area (Å²) < 4.78 is 5.14. The quantitative estimate of drug-likeness (QED) is 0.361. The van der Waals surface area contributed by atoms with E-state index in [2.05, 4.69) is 0 Å². The van der Waals surface area contributed by atoms with Gasteiger partial charge in [-0.05, 0) is 39.8 Å². The molecule has 0 aliphatic carbocycles. The molecule has 0 saturated heterocycles. The predicted octanol–water partition coefficient (Wildman–Crippen LogP) is 2.98. The Bertz CT molecular complexity index is 450. The Morgan fingerprint density at radius 3 is 2.30 bits per heavy atom. The summed E-state index contributed by atoms with van der Waals surface area (Å²) in [5.41, 5.74) is 0.129. The van der Waals surface area contributed by atoms with Crippen LogP contribution < -0.4 is 0 Å². The Kier molecular flexibility index (Phi) is 6.99. The molecule has 0 atom stereocenters. The van der Waals surface area contributed by atoms with Gasteiger partial charge in [-0.3, -0.25) is 10.3 Å². The van der Waals surface area contributed by atoms with E-state index in [4.69, 9.17) is 26.9 Å². The molecule has 1 amide bonds. The Morgan fingerprint density at radius 1 is 1.40 bits per heavy atom. The summed E-state index contributed by atoms with van der Waals surface area (Å²) in [7, 11) is 0. The zero-order chi connectivity index (χ0) is 15.9. The van der Waals surface area contributed by atoms with Crippen molar-refractivity contribution in [2.75, 3.05) is 6.54 Å². The van der Waals surface area contributed by atoms with Gasteiger partial charge >= 0.3 is 12.1 Å². The minimum Gasteiger partial charge on any atom is -0.478 e. The first-order valence-electron chi connectivity index (χ1n) is 5.93. The van der Waals surface area contributed by atoms with Crippen LogP contribution in [0.4, 0.5) is 4.79 Å². The minimum absolute atomic E-state index is 0.182. The fourth-order valence-electron chi connectivity index (χ4n) is 1.19. The first-order valence-corrected chi connectivity index (χ1v) is 6.36. The van der Waals surface area contributed by atoms with Gasteiger partial charge in [-0.15, -0.1) is 0 Å². The van der Waals surface area contributed by atoms with Crippen LogP contribution >= 0.6 is 11.6 Å². The fraction of sp³-hybridized carbons (Fsp3) is 0.462. The first-order chi connectivity index (χ1) is 9.12. The zero-order valence-electron chi connectivity index (χ0n) is 11.9. The maximum Gasteiger partial charge on any atom is 0.415 e. The number of hydrogen-bond donors (Lipinski definition) is 2. The van der Waals surface area contributed by atoms with Gasteiger partial charge in [0.15, 0.2) is 0 Å². The summed E-state index contributed by atoms with van der Waals surface area (Å²) in [4.78, 5) is 23.8. The Hall–Kier alpha value is -1.82. The molecule has 0 unspecified atom stereocenters. The second-order valence-electron chi connectivity index (χ2n) is 4.81. The molecular weight excluding hydrogens is 284 g/mol. The SMILES string of the molecule is CCN(C(=N)C=C(C=CCl)C(=O)O)C(=O)OC(C)(C)C. The van der Waals surface area contributed by atoms with E-state index >= 15 is 0 Å². The van der Waals surface area contributed by atoms with Gasteiger partial charge in [-0.25, -0.2) is 9.59 Å². The molecule has 6 nitrogen and oxygen atoms in total. The standard InChI is InChI=1S/C13H19ClN2O4/c1-5-16(12(19)20-13(2,3)4)10(15)8-9(6-7-14)11(17)18/h6-8,15H,5H2,1-4H3,(H,17,18). The van der Waals surface area contributed by atoms with Crippen LogP contribution in [0.5, 0.6) is 0 Å². The molecule has 0 radical (unpaired) electrons. The predicted molar refractivity (Wildman–Crippen MR) is 77.1 cm³/mol. The number of nitrogens with zero attached hydrogens (tertiary/aromatic N) is 1. The fourth-order valence-corrected chi connectivity index (χ4v) is 1.32. The largest absolute Gasteiger partial charge is 0.478 e. The molecule has 112 valence electrons. The number of likely N-dealkylation sites (N-methyl/N-ethyl adjacent to an activating group) is 1. The van der Waals surface area contributed by atoms with Gasteiger partial charge in [-0.1, -0.05) is 11.6 Å². The van der Waals surface area contributed by atoms with E-state index < -0.39 is 17.7 Å². The van der Waals surface area contributed by atoms with Crippen LogP contribution in [0.2, 0.25) is 0 Å². The van der Waals surface area contributed by atoms with E-state index in [1.165, 1.54) is 0 Å². The molecule has 0 aromatic carbocycles. The summed E-state index contributed by atoms with van der Waals surface area (Å²) >= 11 is 5.33. The number of amidine groups is 1. The van der Waals surface area contributed by atoms with Crippen LogP contribution in [0, 0.1) is 5.41 Å².